The van der Waals surface area contributed by atoms with Gasteiger partial charge in [-0.25, -0.2) is 0 Å². The van der Waals surface area contributed by atoms with Gasteiger partial charge in [0, 0.05) is 19.6 Å². The lowest BCUT2D eigenvalue weighted by Crippen LogP contribution is -2.16. The second-order valence-corrected chi connectivity index (χ2v) is 4.08. The molecule has 0 aliphatic heterocycles. The van der Waals surface area contributed by atoms with Gasteiger partial charge in [-0.15, -0.1) is 6.58 Å². The SMILES string of the molecule is C=CCNc1nc(NCCOCCOCCN)nc(OC)n1. The quantitative estimate of drug-likeness (QED) is 0.338. The lowest BCUT2D eigenvalue weighted by molar-refractivity contribution is 0.0547. The third-order valence-electron chi connectivity index (χ3n) is 2.37. The molecular weight excluding hydrogens is 288 g/mol. The molecule has 9 heteroatoms. The number of nitrogens with two attached hydrogens (primary N) is 1. The van der Waals surface area contributed by atoms with Crippen molar-refractivity contribution in [1.82, 2.24) is 15.0 Å². The van der Waals surface area contributed by atoms with Crippen LogP contribution in [0, 0.1) is 0 Å². The van der Waals surface area contributed by atoms with E-state index in [1.165, 1.54) is 7.11 Å². The van der Waals surface area contributed by atoms with Crippen LogP contribution in [0.15, 0.2) is 12.7 Å². The molecule has 0 spiro atoms. The second kappa shape index (κ2) is 11.7. The van der Waals surface area contributed by atoms with Crippen LogP contribution in [0.2, 0.25) is 0 Å². The van der Waals surface area contributed by atoms with Crippen molar-refractivity contribution in [3.05, 3.63) is 12.7 Å². The normalized spacial score (nSPS) is 10.3. The Morgan fingerprint density at radius 2 is 1.73 bits per heavy atom. The predicted molar refractivity (Wildman–Crippen MR) is 84.2 cm³/mol. The fraction of sp³-hybridized carbons (Fsp3) is 0.615. The summed E-state index contributed by atoms with van der Waals surface area (Å²) in [6.07, 6.45) is 1.71. The minimum atomic E-state index is 0.236. The van der Waals surface area contributed by atoms with Crippen molar-refractivity contribution in [2.24, 2.45) is 5.73 Å². The summed E-state index contributed by atoms with van der Waals surface area (Å²) in [7, 11) is 1.50. The van der Waals surface area contributed by atoms with E-state index in [0.29, 0.717) is 58.0 Å². The van der Waals surface area contributed by atoms with Gasteiger partial charge in [-0.1, -0.05) is 6.08 Å². The van der Waals surface area contributed by atoms with E-state index >= 15 is 0 Å². The maximum atomic E-state index is 5.39. The number of hydrogen-bond acceptors (Lipinski definition) is 9. The van der Waals surface area contributed by atoms with Crippen molar-refractivity contribution in [3.63, 3.8) is 0 Å². The Morgan fingerprint density at radius 3 is 2.36 bits per heavy atom. The number of methoxy groups -OCH3 is 1. The van der Waals surface area contributed by atoms with Crippen LogP contribution in [0.1, 0.15) is 0 Å². The van der Waals surface area contributed by atoms with Crippen molar-refractivity contribution >= 4 is 11.9 Å². The highest BCUT2D eigenvalue weighted by molar-refractivity contribution is 5.36. The van der Waals surface area contributed by atoms with E-state index in [1.54, 1.807) is 6.08 Å². The Bertz CT molecular complexity index is 432. The first kappa shape index (κ1) is 18.1. The van der Waals surface area contributed by atoms with Crippen molar-refractivity contribution in [1.29, 1.82) is 0 Å². The first-order valence-corrected chi connectivity index (χ1v) is 7.04. The number of rotatable bonds is 13. The van der Waals surface area contributed by atoms with E-state index in [0.717, 1.165) is 0 Å². The van der Waals surface area contributed by atoms with Crippen LogP contribution in [0.25, 0.3) is 0 Å². The molecule has 0 radical (unpaired) electrons. The summed E-state index contributed by atoms with van der Waals surface area (Å²) < 4.78 is 15.6. The third kappa shape index (κ3) is 7.72. The van der Waals surface area contributed by atoms with Crippen LogP contribution >= 0.6 is 0 Å². The summed E-state index contributed by atoms with van der Waals surface area (Å²) >= 11 is 0. The molecule has 0 fully saturated rings. The fourth-order valence-electron chi connectivity index (χ4n) is 1.41. The molecule has 0 bridgehead atoms. The Morgan fingerprint density at radius 1 is 1.05 bits per heavy atom. The highest BCUT2D eigenvalue weighted by atomic mass is 16.5. The van der Waals surface area contributed by atoms with E-state index in [4.69, 9.17) is 19.9 Å². The fourth-order valence-corrected chi connectivity index (χ4v) is 1.41. The molecule has 22 heavy (non-hydrogen) atoms. The number of ether oxygens (including phenoxy) is 3. The zero-order chi connectivity index (χ0) is 16.0. The molecule has 0 saturated heterocycles. The minimum absolute atomic E-state index is 0.236. The molecule has 124 valence electrons. The van der Waals surface area contributed by atoms with Gasteiger partial charge in [-0.2, -0.15) is 15.0 Å². The third-order valence-corrected chi connectivity index (χ3v) is 2.37. The van der Waals surface area contributed by atoms with Crippen molar-refractivity contribution in [2.75, 3.05) is 63.8 Å². The smallest absolute Gasteiger partial charge is 0.322 e. The molecular formula is C13H24N6O3. The monoisotopic (exact) mass is 312 g/mol. The highest BCUT2D eigenvalue weighted by Gasteiger charge is 2.05. The second-order valence-electron chi connectivity index (χ2n) is 4.08. The first-order chi connectivity index (χ1) is 10.8. The molecule has 0 aromatic carbocycles. The topological polar surface area (TPSA) is 116 Å². The van der Waals surface area contributed by atoms with Crippen LogP contribution in [-0.2, 0) is 9.47 Å². The highest BCUT2D eigenvalue weighted by Crippen LogP contribution is 2.10. The van der Waals surface area contributed by atoms with E-state index in [9.17, 15) is 0 Å². The van der Waals surface area contributed by atoms with Gasteiger partial charge in [0.2, 0.25) is 11.9 Å². The summed E-state index contributed by atoms with van der Waals surface area (Å²) in [6.45, 7) is 7.37. The molecule has 1 rings (SSSR count). The molecule has 0 unspecified atom stereocenters. The summed E-state index contributed by atoms with van der Waals surface area (Å²) in [5, 5.41) is 6.03. The van der Waals surface area contributed by atoms with Gasteiger partial charge in [-0.05, 0) is 0 Å². The van der Waals surface area contributed by atoms with Crippen LogP contribution in [0.5, 0.6) is 6.01 Å². The van der Waals surface area contributed by atoms with E-state index in [-0.39, 0.29) is 6.01 Å². The van der Waals surface area contributed by atoms with Gasteiger partial charge >= 0.3 is 6.01 Å². The van der Waals surface area contributed by atoms with Crippen molar-refractivity contribution in [2.45, 2.75) is 0 Å². The van der Waals surface area contributed by atoms with Crippen LogP contribution in [-0.4, -0.2) is 68.1 Å². The number of anilines is 2. The van der Waals surface area contributed by atoms with Crippen LogP contribution < -0.4 is 21.1 Å². The maximum Gasteiger partial charge on any atom is 0.322 e. The standard InChI is InChI=1S/C13H24N6O3/c1-3-5-15-11-17-12(19-13(18-11)20-2)16-6-8-22-10-9-21-7-4-14/h3H,1,4-10,14H2,2H3,(H2,15,16,17,18,19). The number of nitrogens with one attached hydrogen (secondary N) is 2. The van der Waals surface area contributed by atoms with E-state index < -0.39 is 0 Å². The zero-order valence-corrected chi connectivity index (χ0v) is 12.9. The van der Waals surface area contributed by atoms with Crippen LogP contribution in [0.4, 0.5) is 11.9 Å². The average molecular weight is 312 g/mol. The van der Waals surface area contributed by atoms with Gasteiger partial charge in [0.05, 0.1) is 33.5 Å². The summed E-state index contributed by atoms with van der Waals surface area (Å²) in [6, 6.07) is 0.236. The van der Waals surface area contributed by atoms with Crippen molar-refractivity contribution in [3.8, 4) is 6.01 Å². The Labute approximate surface area is 130 Å². The Kier molecular flexibility index (Phi) is 9.59. The molecule has 0 atom stereocenters. The summed E-state index contributed by atoms with van der Waals surface area (Å²) in [5.74, 6) is 0.840. The lowest BCUT2D eigenvalue weighted by atomic mass is 10.6. The maximum absolute atomic E-state index is 5.39. The van der Waals surface area contributed by atoms with Crippen LogP contribution in [0.3, 0.4) is 0 Å². The lowest BCUT2D eigenvalue weighted by Gasteiger charge is -2.09. The molecule has 0 amide bonds. The van der Waals surface area contributed by atoms with Gasteiger partial charge in [-0.3, -0.25) is 0 Å². The Balaban J connectivity index is 2.30. The van der Waals surface area contributed by atoms with Crippen molar-refractivity contribution < 1.29 is 14.2 Å². The molecule has 1 aromatic heterocycles. The van der Waals surface area contributed by atoms with Gasteiger partial charge < -0.3 is 30.6 Å². The summed E-state index contributed by atoms with van der Waals surface area (Å²) in [4.78, 5) is 12.4. The largest absolute Gasteiger partial charge is 0.467 e. The molecule has 4 N–H and O–H groups in total. The van der Waals surface area contributed by atoms with E-state index in [1.807, 2.05) is 0 Å². The molecule has 0 saturated carbocycles. The Hall–Kier alpha value is -1.97. The predicted octanol–water partition coefficient (Wildman–Crippen LogP) is -0.118. The zero-order valence-electron chi connectivity index (χ0n) is 12.9. The summed E-state index contributed by atoms with van der Waals surface area (Å²) in [5.41, 5.74) is 5.31. The van der Waals surface area contributed by atoms with E-state index in [2.05, 4.69) is 32.2 Å². The average Bonchev–Trinajstić information content (AvgIpc) is 2.55. The van der Waals surface area contributed by atoms with Gasteiger partial charge in [0.1, 0.15) is 0 Å². The number of hydrogen-bond donors (Lipinski definition) is 3. The molecule has 0 aliphatic rings. The molecule has 0 aliphatic carbocycles. The number of aromatic nitrogens is 3. The molecule has 1 heterocycles. The minimum Gasteiger partial charge on any atom is -0.467 e. The van der Waals surface area contributed by atoms with Gasteiger partial charge in [0.15, 0.2) is 0 Å². The van der Waals surface area contributed by atoms with Gasteiger partial charge in [0.25, 0.3) is 0 Å². The molecule has 9 nitrogen and oxygen atoms in total. The first-order valence-electron chi connectivity index (χ1n) is 7.04. The number of nitrogens with zero attached hydrogens (tertiary/aromatic N) is 3. The molecule has 1 aromatic rings.